The van der Waals surface area contributed by atoms with Crippen molar-refractivity contribution < 1.29 is 4.74 Å². The molecule has 1 aliphatic carbocycles. The molecule has 2 aliphatic rings. The van der Waals surface area contributed by atoms with Crippen molar-refractivity contribution in [3.8, 4) is 0 Å². The second-order valence-electron chi connectivity index (χ2n) is 4.25. The highest BCUT2D eigenvalue weighted by Gasteiger charge is 2.30. The first-order valence-electron chi connectivity index (χ1n) is 5.21. The lowest BCUT2D eigenvalue weighted by atomic mass is 9.87. The van der Waals surface area contributed by atoms with Gasteiger partial charge in [0.25, 0.3) is 0 Å². The van der Waals surface area contributed by atoms with Crippen molar-refractivity contribution in [3.05, 3.63) is 0 Å². The SMILES string of the molecule is NC(C1CCCC1)C1CCOC1. The molecular formula is C10H19NO. The molecule has 2 nitrogen and oxygen atoms in total. The van der Waals surface area contributed by atoms with Gasteiger partial charge in [0.15, 0.2) is 0 Å². The average Bonchev–Trinajstić information content (AvgIpc) is 2.77. The number of hydrogen-bond acceptors (Lipinski definition) is 2. The molecule has 1 saturated carbocycles. The molecule has 0 aromatic heterocycles. The lowest BCUT2D eigenvalue weighted by Gasteiger charge is -2.23. The van der Waals surface area contributed by atoms with Gasteiger partial charge in [0.1, 0.15) is 0 Å². The molecule has 0 radical (unpaired) electrons. The molecule has 0 aromatic rings. The maximum atomic E-state index is 6.20. The molecule has 0 aromatic carbocycles. The summed E-state index contributed by atoms with van der Waals surface area (Å²) in [6.07, 6.45) is 6.70. The summed E-state index contributed by atoms with van der Waals surface area (Å²) in [6, 6.07) is 0.426. The van der Waals surface area contributed by atoms with Crippen LogP contribution in [0.5, 0.6) is 0 Å². The number of ether oxygens (including phenoxy) is 1. The Bertz CT molecular complexity index is 121. The Hall–Kier alpha value is -0.0800. The summed E-state index contributed by atoms with van der Waals surface area (Å²) in [5.41, 5.74) is 6.20. The van der Waals surface area contributed by atoms with E-state index >= 15 is 0 Å². The first-order chi connectivity index (χ1) is 5.88. The van der Waals surface area contributed by atoms with Crippen LogP contribution < -0.4 is 5.73 Å². The highest BCUT2D eigenvalue weighted by atomic mass is 16.5. The Morgan fingerprint density at radius 3 is 2.42 bits per heavy atom. The maximum absolute atomic E-state index is 6.20. The normalized spacial score (nSPS) is 34.2. The van der Waals surface area contributed by atoms with Gasteiger partial charge in [0.05, 0.1) is 6.61 Å². The van der Waals surface area contributed by atoms with Gasteiger partial charge in [-0.15, -0.1) is 0 Å². The van der Waals surface area contributed by atoms with Gasteiger partial charge in [-0.2, -0.15) is 0 Å². The fraction of sp³-hybridized carbons (Fsp3) is 1.00. The molecule has 2 N–H and O–H groups in total. The average molecular weight is 169 g/mol. The molecule has 2 unspecified atom stereocenters. The van der Waals surface area contributed by atoms with Crippen molar-refractivity contribution in [1.29, 1.82) is 0 Å². The summed E-state index contributed by atoms with van der Waals surface area (Å²) in [7, 11) is 0. The molecule has 0 bridgehead atoms. The van der Waals surface area contributed by atoms with E-state index in [-0.39, 0.29) is 0 Å². The van der Waals surface area contributed by atoms with Gasteiger partial charge < -0.3 is 10.5 Å². The molecule has 12 heavy (non-hydrogen) atoms. The Kier molecular flexibility index (Phi) is 2.66. The van der Waals surface area contributed by atoms with Gasteiger partial charge in [-0.3, -0.25) is 0 Å². The third-order valence-corrected chi connectivity index (χ3v) is 3.45. The Morgan fingerprint density at radius 1 is 1.08 bits per heavy atom. The highest BCUT2D eigenvalue weighted by Crippen LogP contribution is 2.32. The number of hydrogen-bond donors (Lipinski definition) is 1. The Balaban J connectivity index is 1.84. The predicted molar refractivity (Wildman–Crippen MR) is 48.9 cm³/mol. The minimum absolute atomic E-state index is 0.426. The minimum atomic E-state index is 0.426. The molecule has 1 heterocycles. The first kappa shape index (κ1) is 8.52. The quantitative estimate of drug-likeness (QED) is 0.680. The van der Waals surface area contributed by atoms with Crippen LogP contribution in [0.4, 0.5) is 0 Å². The second-order valence-corrected chi connectivity index (χ2v) is 4.25. The lowest BCUT2D eigenvalue weighted by molar-refractivity contribution is 0.173. The number of rotatable bonds is 2. The van der Waals surface area contributed by atoms with Crippen molar-refractivity contribution in [2.24, 2.45) is 17.6 Å². The topological polar surface area (TPSA) is 35.2 Å². The van der Waals surface area contributed by atoms with Crippen LogP contribution in [0.25, 0.3) is 0 Å². The van der Waals surface area contributed by atoms with Crippen LogP contribution in [0.3, 0.4) is 0 Å². The summed E-state index contributed by atoms with van der Waals surface area (Å²) in [6.45, 7) is 1.85. The van der Waals surface area contributed by atoms with Crippen LogP contribution in [-0.2, 0) is 4.74 Å². The molecule has 2 fully saturated rings. The van der Waals surface area contributed by atoms with Gasteiger partial charge in [-0.25, -0.2) is 0 Å². The van der Waals surface area contributed by atoms with Crippen LogP contribution in [0.2, 0.25) is 0 Å². The van der Waals surface area contributed by atoms with Crippen molar-refractivity contribution in [2.45, 2.75) is 38.1 Å². The van der Waals surface area contributed by atoms with E-state index < -0.39 is 0 Å². The predicted octanol–water partition coefficient (Wildman–Crippen LogP) is 1.54. The maximum Gasteiger partial charge on any atom is 0.0510 e. The van der Waals surface area contributed by atoms with Gasteiger partial charge in [-0.05, 0) is 31.1 Å². The van der Waals surface area contributed by atoms with Crippen LogP contribution in [0.1, 0.15) is 32.1 Å². The molecule has 2 heteroatoms. The standard InChI is InChI=1S/C10H19NO/c11-10(8-3-1-2-4-8)9-5-6-12-7-9/h8-10H,1-7,11H2. The lowest BCUT2D eigenvalue weighted by Crippen LogP contribution is -2.36. The van der Waals surface area contributed by atoms with Gasteiger partial charge in [-0.1, -0.05) is 12.8 Å². The van der Waals surface area contributed by atoms with Gasteiger partial charge in [0.2, 0.25) is 0 Å². The van der Waals surface area contributed by atoms with E-state index in [9.17, 15) is 0 Å². The molecular weight excluding hydrogens is 150 g/mol. The first-order valence-corrected chi connectivity index (χ1v) is 5.21. The van der Waals surface area contributed by atoms with Gasteiger partial charge >= 0.3 is 0 Å². The van der Waals surface area contributed by atoms with E-state index in [1.54, 1.807) is 0 Å². The third-order valence-electron chi connectivity index (χ3n) is 3.45. The fourth-order valence-corrected chi connectivity index (χ4v) is 2.58. The number of nitrogens with two attached hydrogens (primary N) is 1. The largest absolute Gasteiger partial charge is 0.381 e. The zero-order valence-electron chi connectivity index (χ0n) is 7.67. The molecule has 2 rings (SSSR count). The van der Waals surface area contributed by atoms with E-state index in [1.165, 1.54) is 32.1 Å². The monoisotopic (exact) mass is 169 g/mol. The zero-order chi connectivity index (χ0) is 8.39. The van der Waals surface area contributed by atoms with Crippen LogP contribution in [-0.4, -0.2) is 19.3 Å². The highest BCUT2D eigenvalue weighted by molar-refractivity contribution is 4.85. The van der Waals surface area contributed by atoms with E-state index in [0.29, 0.717) is 12.0 Å². The summed E-state index contributed by atoms with van der Waals surface area (Å²) in [4.78, 5) is 0. The van der Waals surface area contributed by atoms with Crippen molar-refractivity contribution in [2.75, 3.05) is 13.2 Å². The molecule has 1 aliphatic heterocycles. The Morgan fingerprint density at radius 2 is 1.83 bits per heavy atom. The molecule has 1 saturated heterocycles. The van der Waals surface area contributed by atoms with Crippen molar-refractivity contribution >= 4 is 0 Å². The summed E-state index contributed by atoms with van der Waals surface area (Å²) >= 11 is 0. The van der Waals surface area contributed by atoms with E-state index in [4.69, 9.17) is 10.5 Å². The van der Waals surface area contributed by atoms with Crippen molar-refractivity contribution in [3.63, 3.8) is 0 Å². The van der Waals surface area contributed by atoms with E-state index in [0.717, 1.165) is 19.1 Å². The third kappa shape index (κ3) is 1.64. The smallest absolute Gasteiger partial charge is 0.0510 e. The zero-order valence-corrected chi connectivity index (χ0v) is 7.67. The molecule has 2 atom stereocenters. The fourth-order valence-electron chi connectivity index (χ4n) is 2.58. The van der Waals surface area contributed by atoms with Crippen LogP contribution in [0.15, 0.2) is 0 Å². The summed E-state index contributed by atoms with van der Waals surface area (Å²) < 4.78 is 5.36. The van der Waals surface area contributed by atoms with E-state index in [1.807, 2.05) is 0 Å². The van der Waals surface area contributed by atoms with E-state index in [2.05, 4.69) is 0 Å². The summed E-state index contributed by atoms with van der Waals surface area (Å²) in [5.74, 6) is 1.46. The van der Waals surface area contributed by atoms with Crippen LogP contribution in [0, 0.1) is 11.8 Å². The second kappa shape index (κ2) is 3.75. The van der Waals surface area contributed by atoms with Crippen molar-refractivity contribution in [1.82, 2.24) is 0 Å². The Labute approximate surface area is 74.5 Å². The minimum Gasteiger partial charge on any atom is -0.381 e. The summed E-state index contributed by atoms with van der Waals surface area (Å²) in [5, 5.41) is 0. The van der Waals surface area contributed by atoms with Crippen LogP contribution >= 0.6 is 0 Å². The van der Waals surface area contributed by atoms with Gasteiger partial charge in [0, 0.05) is 12.6 Å². The molecule has 0 spiro atoms. The molecule has 70 valence electrons. The molecule has 0 amide bonds.